The van der Waals surface area contributed by atoms with E-state index in [2.05, 4.69) is 36.6 Å². The van der Waals surface area contributed by atoms with Crippen LogP contribution in [0, 0.1) is 5.92 Å². The molecule has 7 N–H and O–H groups in total. The molecule has 0 saturated carbocycles. The van der Waals surface area contributed by atoms with E-state index >= 15 is 0 Å². The Balaban J connectivity index is 3.03. The number of Topliss-reactive ketones (excluding diaryl/α,β-unsaturated/α-hetero) is 1. The summed E-state index contributed by atoms with van der Waals surface area (Å²) in [6.07, 6.45) is 26.9. The maximum atomic E-state index is 14.3. The summed E-state index contributed by atoms with van der Waals surface area (Å²) < 4.78 is 11.4. The van der Waals surface area contributed by atoms with Crippen LogP contribution in [0.1, 0.15) is 215 Å². The van der Waals surface area contributed by atoms with Gasteiger partial charge in [0.15, 0.2) is 5.78 Å². The van der Waals surface area contributed by atoms with E-state index in [0.29, 0.717) is 12.8 Å². The topological polar surface area (TPSA) is 201 Å². The summed E-state index contributed by atoms with van der Waals surface area (Å²) in [5, 5.41) is 37.7. The van der Waals surface area contributed by atoms with Gasteiger partial charge in [0.1, 0.15) is 29.8 Å². The van der Waals surface area contributed by atoms with Gasteiger partial charge in [-0.25, -0.2) is 4.79 Å². The summed E-state index contributed by atoms with van der Waals surface area (Å²) >= 11 is 0. The molecule has 0 spiro atoms. The highest BCUT2D eigenvalue weighted by Crippen LogP contribution is 2.36. The number of allylic oxidation sites excluding steroid dienone is 2. The van der Waals surface area contributed by atoms with E-state index in [4.69, 9.17) is 15.2 Å². The zero-order chi connectivity index (χ0) is 46.4. The number of aliphatic hydroxyl groups excluding tert-OH is 3. The number of alkyl carbamates (subject to hydrolysis) is 1. The molecule has 1 saturated heterocycles. The SMILES string of the molecule is CCCCCCCC/C=C\CCCCCCCC(=O)N(CCCCCCCCCCCCCC)[C@]1(N)O[C@H](CO)[C@@H](O)[C@H](O)[C@H]1C(=O)[C@H](C)NC(=O)[C@H](C)NC(=O)OC(C)(C)C. The van der Waals surface area contributed by atoms with Crippen molar-refractivity contribution in [2.24, 2.45) is 11.7 Å². The molecule has 0 aromatic rings. The minimum absolute atomic E-state index is 0.139. The lowest BCUT2D eigenvalue weighted by Gasteiger charge is -2.53. The van der Waals surface area contributed by atoms with Crippen LogP contribution in [0.2, 0.25) is 0 Å². The zero-order valence-electron chi connectivity index (χ0n) is 40.2. The first-order valence-corrected chi connectivity index (χ1v) is 24.8. The van der Waals surface area contributed by atoms with E-state index < -0.39 is 72.2 Å². The molecule has 13 nitrogen and oxygen atoms in total. The van der Waals surface area contributed by atoms with E-state index in [-0.39, 0.29) is 18.9 Å². The Labute approximate surface area is 376 Å². The molecule has 0 aliphatic carbocycles. The molecule has 362 valence electrons. The first-order chi connectivity index (χ1) is 29.5. The highest BCUT2D eigenvalue weighted by Gasteiger charge is 2.59. The smallest absolute Gasteiger partial charge is 0.408 e. The molecule has 7 atom stereocenters. The molecular formula is C49H92N4O9. The van der Waals surface area contributed by atoms with E-state index in [1.807, 2.05) is 0 Å². The van der Waals surface area contributed by atoms with Gasteiger partial charge >= 0.3 is 6.09 Å². The third-order valence-electron chi connectivity index (χ3n) is 11.9. The molecule has 0 unspecified atom stereocenters. The van der Waals surface area contributed by atoms with Crippen molar-refractivity contribution in [1.82, 2.24) is 15.5 Å². The van der Waals surface area contributed by atoms with Crippen molar-refractivity contribution in [2.75, 3.05) is 13.2 Å². The Morgan fingerprint density at radius 1 is 0.694 bits per heavy atom. The number of ketones is 1. The second-order valence-electron chi connectivity index (χ2n) is 18.8. The highest BCUT2D eigenvalue weighted by atomic mass is 16.6. The average molecular weight is 881 g/mol. The van der Waals surface area contributed by atoms with Crippen molar-refractivity contribution in [3.8, 4) is 0 Å². The molecule has 62 heavy (non-hydrogen) atoms. The molecule has 3 amide bonds. The van der Waals surface area contributed by atoms with Crippen LogP contribution < -0.4 is 16.4 Å². The molecule has 1 aliphatic rings. The molecule has 0 radical (unpaired) electrons. The number of amides is 3. The predicted octanol–water partition coefficient (Wildman–Crippen LogP) is 8.88. The van der Waals surface area contributed by atoms with Gasteiger partial charge in [-0.2, -0.15) is 0 Å². The number of aliphatic hydroxyl groups is 3. The van der Waals surface area contributed by atoms with Crippen molar-refractivity contribution in [3.05, 3.63) is 12.2 Å². The summed E-state index contributed by atoms with van der Waals surface area (Å²) in [6, 6.07) is -2.36. The lowest BCUT2D eigenvalue weighted by atomic mass is 9.80. The number of unbranched alkanes of at least 4 members (excludes halogenated alkanes) is 22. The minimum Gasteiger partial charge on any atom is -0.444 e. The predicted molar refractivity (Wildman–Crippen MR) is 248 cm³/mol. The van der Waals surface area contributed by atoms with Crippen LogP contribution in [0.3, 0.4) is 0 Å². The Kier molecular flexibility index (Phi) is 30.6. The lowest BCUT2D eigenvalue weighted by Crippen LogP contribution is -2.76. The molecule has 0 aromatic heterocycles. The number of carbonyl (C=O) groups is 4. The second-order valence-corrected chi connectivity index (χ2v) is 18.8. The van der Waals surface area contributed by atoms with Gasteiger partial charge < -0.3 is 40.3 Å². The van der Waals surface area contributed by atoms with E-state index in [9.17, 15) is 34.5 Å². The number of carbonyl (C=O) groups excluding carboxylic acids is 4. The Morgan fingerprint density at radius 3 is 1.61 bits per heavy atom. The van der Waals surface area contributed by atoms with Crippen molar-refractivity contribution in [2.45, 2.75) is 257 Å². The van der Waals surface area contributed by atoms with Gasteiger partial charge in [-0.1, -0.05) is 148 Å². The average Bonchev–Trinajstić information content (AvgIpc) is 3.21. The van der Waals surface area contributed by atoms with Gasteiger partial charge in [-0.3, -0.25) is 20.1 Å². The maximum absolute atomic E-state index is 14.3. The maximum Gasteiger partial charge on any atom is 0.408 e. The van der Waals surface area contributed by atoms with Gasteiger partial charge in [0.25, 0.3) is 0 Å². The zero-order valence-corrected chi connectivity index (χ0v) is 40.2. The normalized spacial score (nSPS) is 21.4. The first kappa shape index (κ1) is 57.4. The van der Waals surface area contributed by atoms with Gasteiger partial charge in [-0.15, -0.1) is 0 Å². The fourth-order valence-electron chi connectivity index (χ4n) is 8.11. The quantitative estimate of drug-likeness (QED) is 0.0203. The molecule has 13 heteroatoms. The molecule has 1 fully saturated rings. The summed E-state index contributed by atoms with van der Waals surface area (Å²) in [5.74, 6) is -5.74. The monoisotopic (exact) mass is 881 g/mol. The fourth-order valence-corrected chi connectivity index (χ4v) is 8.11. The molecule has 1 rings (SSSR count). The van der Waals surface area contributed by atoms with Crippen LogP contribution in [0.5, 0.6) is 0 Å². The van der Waals surface area contributed by atoms with Crippen LogP contribution in [0.15, 0.2) is 12.2 Å². The second kappa shape index (κ2) is 33.0. The van der Waals surface area contributed by atoms with Crippen molar-refractivity contribution in [1.29, 1.82) is 0 Å². The van der Waals surface area contributed by atoms with Crippen LogP contribution in [0.4, 0.5) is 4.79 Å². The molecular weight excluding hydrogens is 789 g/mol. The minimum atomic E-state index is -2.24. The van der Waals surface area contributed by atoms with Crippen LogP contribution in [-0.2, 0) is 23.9 Å². The van der Waals surface area contributed by atoms with Crippen molar-refractivity contribution >= 4 is 23.7 Å². The Morgan fingerprint density at radius 2 is 1.15 bits per heavy atom. The molecule has 0 bridgehead atoms. The van der Waals surface area contributed by atoms with E-state index in [1.165, 1.54) is 102 Å². The van der Waals surface area contributed by atoms with E-state index in [0.717, 1.165) is 64.2 Å². The summed E-state index contributed by atoms with van der Waals surface area (Å²) in [4.78, 5) is 55.3. The number of hydrogen-bond acceptors (Lipinski definition) is 10. The third-order valence-corrected chi connectivity index (χ3v) is 11.9. The number of hydrogen-bond donors (Lipinski definition) is 6. The number of ether oxygens (including phenoxy) is 2. The largest absolute Gasteiger partial charge is 0.444 e. The summed E-state index contributed by atoms with van der Waals surface area (Å²) in [6.45, 7) is 11.8. The fraction of sp³-hybridized carbons (Fsp3) is 0.878. The van der Waals surface area contributed by atoms with Crippen molar-refractivity contribution in [3.63, 3.8) is 0 Å². The van der Waals surface area contributed by atoms with Crippen molar-refractivity contribution < 1.29 is 44.0 Å². The first-order valence-electron chi connectivity index (χ1n) is 24.8. The summed E-state index contributed by atoms with van der Waals surface area (Å²) in [5.41, 5.74) is 6.21. The van der Waals surface area contributed by atoms with Gasteiger partial charge in [0.05, 0.1) is 18.8 Å². The van der Waals surface area contributed by atoms with Crippen LogP contribution in [0.25, 0.3) is 0 Å². The Hall–Kier alpha value is -2.58. The third kappa shape index (κ3) is 23.4. The van der Waals surface area contributed by atoms with Crippen LogP contribution in [-0.4, -0.2) is 98.9 Å². The lowest BCUT2D eigenvalue weighted by molar-refractivity contribution is -0.291. The highest BCUT2D eigenvalue weighted by molar-refractivity contribution is 5.94. The Bertz CT molecular complexity index is 1260. The number of nitrogens with one attached hydrogen (secondary N) is 2. The van der Waals surface area contributed by atoms with E-state index in [1.54, 1.807) is 20.8 Å². The van der Waals surface area contributed by atoms with Crippen LogP contribution >= 0.6 is 0 Å². The number of nitrogens with two attached hydrogens (primary N) is 1. The number of nitrogens with zero attached hydrogens (tertiary/aromatic N) is 1. The number of rotatable bonds is 35. The molecule has 0 aromatic carbocycles. The van der Waals surface area contributed by atoms with Gasteiger partial charge in [0.2, 0.25) is 17.7 Å². The molecule has 1 aliphatic heterocycles. The standard InChI is InChI=1S/C49H92N4O9/c1-8-10-12-14-16-18-20-22-23-24-25-27-29-31-33-35-41(55)53(36-34-32-30-28-26-21-19-17-15-13-11-9-2)49(50)42(45(58)44(57)40(37-54)61-49)43(56)38(3)51-46(59)39(4)52-47(60)62-48(5,6)7/h22-23,38-40,42,44-45,54,57-58H,8-21,24-37,50H2,1-7H3,(H,51,59)(H,52,60)/b23-22-/t38-,39-,40+,42+,44+,45+,49-/m0/s1. The molecule has 1 heterocycles. The van der Waals surface area contributed by atoms with Gasteiger partial charge in [0, 0.05) is 13.0 Å². The van der Waals surface area contributed by atoms with Gasteiger partial charge in [-0.05, 0) is 73.1 Å². The summed E-state index contributed by atoms with van der Waals surface area (Å²) in [7, 11) is 0.